The van der Waals surface area contributed by atoms with E-state index in [9.17, 15) is 13.2 Å². The molecule has 1 N–H and O–H groups in total. The normalized spacial score (nSPS) is 18.2. The number of fused-ring (bicyclic) bond motifs is 1. The largest absolute Gasteiger partial charge is 0.470 e. The molecule has 0 saturated carbocycles. The van der Waals surface area contributed by atoms with Gasteiger partial charge in [0.15, 0.2) is 5.65 Å². The van der Waals surface area contributed by atoms with Crippen molar-refractivity contribution in [3.63, 3.8) is 0 Å². The molecule has 2 aliphatic heterocycles. The fourth-order valence-electron chi connectivity index (χ4n) is 5.09. The molecule has 204 valence electrons. The van der Waals surface area contributed by atoms with E-state index in [2.05, 4.69) is 36.9 Å². The molecule has 0 bridgehead atoms. The van der Waals surface area contributed by atoms with Gasteiger partial charge in [-0.2, -0.15) is 4.98 Å². The Morgan fingerprint density at radius 2 is 1.79 bits per heavy atom. The maximum atomic E-state index is 14.9. The molecule has 0 aliphatic carbocycles. The lowest BCUT2D eigenvalue weighted by molar-refractivity contribution is 0.0360. The first-order valence-corrected chi connectivity index (χ1v) is 13.1. The number of piperazine rings is 1. The zero-order valence-corrected chi connectivity index (χ0v) is 22.2. The van der Waals surface area contributed by atoms with Crippen LogP contribution in [0.5, 0.6) is 5.88 Å². The van der Waals surface area contributed by atoms with Crippen molar-refractivity contribution in [3.8, 4) is 5.88 Å². The molecule has 1 atom stereocenters. The number of alkyl halides is 2. The first-order chi connectivity index (χ1) is 18.2. The van der Waals surface area contributed by atoms with Crippen molar-refractivity contribution in [2.24, 2.45) is 0 Å². The van der Waals surface area contributed by atoms with Gasteiger partial charge in [0.1, 0.15) is 29.3 Å². The number of anilines is 2. The van der Waals surface area contributed by atoms with E-state index >= 15 is 0 Å². The van der Waals surface area contributed by atoms with Crippen LogP contribution in [0.3, 0.4) is 0 Å². The van der Waals surface area contributed by atoms with Crippen molar-refractivity contribution in [1.29, 1.82) is 0 Å². The van der Waals surface area contributed by atoms with Crippen molar-refractivity contribution in [3.05, 3.63) is 47.0 Å². The van der Waals surface area contributed by atoms with Crippen LogP contribution in [-0.4, -0.2) is 83.7 Å². The lowest BCUT2D eigenvalue weighted by Crippen LogP contribution is -2.51. The zero-order chi connectivity index (χ0) is 27.0. The molecule has 8 nitrogen and oxygen atoms in total. The first kappa shape index (κ1) is 26.4. The number of nitrogens with zero attached hydrogens (tertiary/aromatic N) is 6. The molecule has 2 aromatic heterocycles. The molecule has 0 radical (unpaired) electrons. The van der Waals surface area contributed by atoms with Crippen molar-refractivity contribution in [1.82, 2.24) is 24.8 Å². The number of aromatic nitrogens is 3. The smallest absolute Gasteiger partial charge is 0.266 e. The Morgan fingerprint density at radius 1 is 1.08 bits per heavy atom. The third-order valence-corrected chi connectivity index (χ3v) is 7.33. The van der Waals surface area contributed by atoms with E-state index in [-0.39, 0.29) is 11.7 Å². The van der Waals surface area contributed by atoms with Crippen LogP contribution in [0.1, 0.15) is 43.3 Å². The third kappa shape index (κ3) is 5.35. The Hall–Kier alpha value is -3.18. The standard InChI is InChI=1S/C27H34F3N7O/c1-5-36-9-11-37(12-10-36)22-13-21-25(31-16(2)19-7-6-8-20(23(19)28)24(29)30)32-17(3)33-26(21)34-27(22)38-18-14-35(4)15-18/h6-8,13,16,18,24H,5,9-12,14-15H2,1-4H3,(H,31,32,33,34)/t16-/m1/s1. The van der Waals surface area contributed by atoms with Gasteiger partial charge in [0.25, 0.3) is 6.43 Å². The van der Waals surface area contributed by atoms with Crippen LogP contribution >= 0.6 is 0 Å². The number of pyridine rings is 1. The average molecular weight is 530 g/mol. The topological polar surface area (TPSA) is 69.6 Å². The van der Waals surface area contributed by atoms with E-state index in [1.165, 1.54) is 12.1 Å². The van der Waals surface area contributed by atoms with Gasteiger partial charge in [0, 0.05) is 44.8 Å². The molecule has 1 aromatic carbocycles. The highest BCUT2D eigenvalue weighted by Gasteiger charge is 2.29. The van der Waals surface area contributed by atoms with Crippen LogP contribution < -0.4 is 15.0 Å². The number of ether oxygens (including phenoxy) is 1. The van der Waals surface area contributed by atoms with Crippen molar-refractivity contribution < 1.29 is 17.9 Å². The molecule has 5 rings (SSSR count). The molecular weight excluding hydrogens is 495 g/mol. The van der Waals surface area contributed by atoms with E-state index < -0.39 is 23.8 Å². The quantitative estimate of drug-likeness (QED) is 0.460. The Kier molecular flexibility index (Phi) is 7.58. The Bertz CT molecular complexity index is 1290. The lowest BCUT2D eigenvalue weighted by Gasteiger charge is -2.38. The van der Waals surface area contributed by atoms with Crippen LogP contribution in [0.25, 0.3) is 11.0 Å². The van der Waals surface area contributed by atoms with Gasteiger partial charge in [-0.3, -0.25) is 4.90 Å². The molecule has 4 heterocycles. The fourth-order valence-corrected chi connectivity index (χ4v) is 5.09. The summed E-state index contributed by atoms with van der Waals surface area (Å²) in [5, 5.41) is 3.90. The van der Waals surface area contributed by atoms with Gasteiger partial charge < -0.3 is 19.9 Å². The number of aryl methyl sites for hydroxylation is 1. The molecule has 38 heavy (non-hydrogen) atoms. The van der Waals surface area contributed by atoms with Gasteiger partial charge in [-0.1, -0.05) is 25.1 Å². The maximum Gasteiger partial charge on any atom is 0.266 e. The maximum absolute atomic E-state index is 14.9. The van der Waals surface area contributed by atoms with Gasteiger partial charge in [0.2, 0.25) is 5.88 Å². The Morgan fingerprint density at radius 3 is 2.45 bits per heavy atom. The Balaban J connectivity index is 1.52. The van der Waals surface area contributed by atoms with Gasteiger partial charge in [0.05, 0.1) is 17.0 Å². The molecular formula is C27H34F3N7O. The van der Waals surface area contributed by atoms with Crippen LogP contribution in [-0.2, 0) is 0 Å². The second-order valence-corrected chi connectivity index (χ2v) is 10.1. The van der Waals surface area contributed by atoms with E-state index in [0.29, 0.717) is 28.6 Å². The van der Waals surface area contributed by atoms with Gasteiger partial charge in [-0.05, 0) is 33.5 Å². The minimum Gasteiger partial charge on any atom is -0.470 e. The number of nitrogens with one attached hydrogen (secondary N) is 1. The van der Waals surface area contributed by atoms with Crippen molar-refractivity contribution in [2.75, 3.05) is 63.1 Å². The molecule has 0 spiro atoms. The summed E-state index contributed by atoms with van der Waals surface area (Å²) in [7, 11) is 2.05. The summed E-state index contributed by atoms with van der Waals surface area (Å²) in [6.45, 7) is 11.8. The van der Waals surface area contributed by atoms with E-state index in [4.69, 9.17) is 9.72 Å². The minimum absolute atomic E-state index is 0.0614. The third-order valence-electron chi connectivity index (χ3n) is 7.33. The van der Waals surface area contributed by atoms with Crippen LogP contribution in [0.15, 0.2) is 24.3 Å². The molecule has 3 aromatic rings. The van der Waals surface area contributed by atoms with Crippen molar-refractivity contribution in [2.45, 2.75) is 39.3 Å². The summed E-state index contributed by atoms with van der Waals surface area (Å²) >= 11 is 0. The average Bonchev–Trinajstić information content (AvgIpc) is 2.87. The highest BCUT2D eigenvalue weighted by Crippen LogP contribution is 2.36. The number of hydrogen-bond donors (Lipinski definition) is 1. The summed E-state index contributed by atoms with van der Waals surface area (Å²) in [5.41, 5.74) is 0.869. The van der Waals surface area contributed by atoms with E-state index in [0.717, 1.165) is 57.6 Å². The second-order valence-electron chi connectivity index (χ2n) is 10.1. The number of halogens is 3. The Labute approximate surface area is 220 Å². The predicted octanol–water partition coefficient (Wildman–Crippen LogP) is 4.42. The fraction of sp³-hybridized carbons (Fsp3) is 0.519. The van der Waals surface area contributed by atoms with Crippen LogP contribution in [0, 0.1) is 12.7 Å². The molecule has 11 heteroatoms. The van der Waals surface area contributed by atoms with E-state index in [1.54, 1.807) is 13.8 Å². The summed E-state index contributed by atoms with van der Waals surface area (Å²) in [4.78, 5) is 20.8. The minimum atomic E-state index is -2.89. The molecule has 2 saturated heterocycles. The molecule has 0 amide bonds. The predicted molar refractivity (Wildman–Crippen MR) is 142 cm³/mol. The number of hydrogen-bond acceptors (Lipinski definition) is 8. The van der Waals surface area contributed by atoms with Gasteiger partial charge >= 0.3 is 0 Å². The lowest BCUT2D eigenvalue weighted by atomic mass is 10.0. The number of likely N-dealkylation sites (N-methyl/N-ethyl adjacent to an activating group) is 2. The molecule has 2 aliphatic rings. The molecule has 0 unspecified atom stereocenters. The zero-order valence-electron chi connectivity index (χ0n) is 22.2. The SMILES string of the molecule is CCN1CCN(c2cc3c(N[C@H](C)c4cccc(C(F)F)c4F)nc(C)nc3nc2OC2CN(C)C2)CC1. The number of rotatable bonds is 8. The number of benzene rings is 1. The van der Waals surface area contributed by atoms with Crippen molar-refractivity contribution >= 4 is 22.5 Å². The monoisotopic (exact) mass is 529 g/mol. The van der Waals surface area contributed by atoms with Gasteiger partial charge in [-0.25, -0.2) is 23.1 Å². The van der Waals surface area contributed by atoms with Crippen LogP contribution in [0.2, 0.25) is 0 Å². The highest BCUT2D eigenvalue weighted by molar-refractivity contribution is 5.90. The number of likely N-dealkylation sites (tertiary alicyclic amines) is 1. The second kappa shape index (κ2) is 10.9. The van der Waals surface area contributed by atoms with E-state index in [1.807, 2.05) is 13.1 Å². The summed E-state index contributed by atoms with van der Waals surface area (Å²) in [6.07, 6.45) is -2.83. The summed E-state index contributed by atoms with van der Waals surface area (Å²) in [5.74, 6) is 0.595. The highest BCUT2D eigenvalue weighted by atomic mass is 19.3. The summed E-state index contributed by atoms with van der Waals surface area (Å²) < 4.78 is 47.8. The van der Waals surface area contributed by atoms with Crippen LogP contribution in [0.4, 0.5) is 24.7 Å². The summed E-state index contributed by atoms with van der Waals surface area (Å²) in [6, 6.07) is 5.43. The van der Waals surface area contributed by atoms with Gasteiger partial charge in [-0.15, -0.1) is 0 Å². The first-order valence-electron chi connectivity index (χ1n) is 13.1. The molecule has 2 fully saturated rings.